The summed E-state index contributed by atoms with van der Waals surface area (Å²) in [5, 5.41) is 0. The molecule has 1 aliphatic heterocycles. The minimum Gasteiger partial charge on any atom is -0.379 e. The van der Waals surface area contributed by atoms with Crippen LogP contribution in [0.25, 0.3) is 0 Å². The Hall–Kier alpha value is -1.35. The van der Waals surface area contributed by atoms with E-state index in [1.54, 1.807) is 0 Å². The second kappa shape index (κ2) is 6.18. The molecule has 0 aliphatic carbocycles. The molecule has 1 heterocycles. The fourth-order valence-corrected chi connectivity index (χ4v) is 1.99. The van der Waals surface area contributed by atoms with E-state index in [1.165, 1.54) is 21.0 Å². The number of carbonyl (C=O) groups excluding carboxylic acids is 2. The molecule has 0 aromatic heterocycles. The van der Waals surface area contributed by atoms with Crippen molar-refractivity contribution in [3.05, 3.63) is 0 Å². The highest BCUT2D eigenvalue weighted by atomic mass is 19.4. The molecule has 2 atom stereocenters. The molecule has 122 valence electrons. The molecule has 9 heteroatoms. The average Bonchev–Trinajstić information content (AvgIpc) is 2.67. The van der Waals surface area contributed by atoms with Crippen LogP contribution in [0.4, 0.5) is 13.2 Å². The Morgan fingerprint density at radius 1 is 1.38 bits per heavy atom. The summed E-state index contributed by atoms with van der Waals surface area (Å²) < 4.78 is 43.0. The number of halogens is 3. The number of rotatable bonds is 4. The first-order valence-corrected chi connectivity index (χ1v) is 6.37. The van der Waals surface area contributed by atoms with Gasteiger partial charge in [-0.1, -0.05) is 0 Å². The SMILES string of the molecule is CN(C)C(=O)CN(CC(F)(F)F)C(=O)C1(C)COCC1N. The number of likely N-dealkylation sites (N-methyl/N-ethyl adjacent to an activating group) is 1. The van der Waals surface area contributed by atoms with Gasteiger partial charge in [0.05, 0.1) is 18.6 Å². The highest BCUT2D eigenvalue weighted by Crippen LogP contribution is 2.30. The molecular formula is C12H20F3N3O3. The van der Waals surface area contributed by atoms with Crippen LogP contribution in [-0.2, 0) is 14.3 Å². The first-order valence-electron chi connectivity index (χ1n) is 6.37. The number of hydrogen-bond donors (Lipinski definition) is 1. The Morgan fingerprint density at radius 2 is 1.95 bits per heavy atom. The summed E-state index contributed by atoms with van der Waals surface area (Å²) in [6.07, 6.45) is -4.60. The summed E-state index contributed by atoms with van der Waals surface area (Å²) in [7, 11) is 2.81. The van der Waals surface area contributed by atoms with E-state index in [2.05, 4.69) is 0 Å². The number of nitrogens with zero attached hydrogens (tertiary/aromatic N) is 2. The highest BCUT2D eigenvalue weighted by Gasteiger charge is 2.48. The maximum absolute atomic E-state index is 12.6. The van der Waals surface area contributed by atoms with Gasteiger partial charge in [-0.05, 0) is 6.92 Å². The molecule has 1 aliphatic rings. The van der Waals surface area contributed by atoms with Crippen molar-refractivity contribution >= 4 is 11.8 Å². The van der Waals surface area contributed by atoms with E-state index in [0.717, 1.165) is 4.90 Å². The van der Waals surface area contributed by atoms with Gasteiger partial charge >= 0.3 is 6.18 Å². The maximum atomic E-state index is 12.6. The molecule has 0 aromatic rings. The van der Waals surface area contributed by atoms with Crippen LogP contribution in [-0.4, -0.2) is 74.2 Å². The summed E-state index contributed by atoms with van der Waals surface area (Å²) in [5.41, 5.74) is 4.51. The van der Waals surface area contributed by atoms with Gasteiger partial charge < -0.3 is 20.3 Å². The monoisotopic (exact) mass is 311 g/mol. The summed E-state index contributed by atoms with van der Waals surface area (Å²) in [4.78, 5) is 25.7. The van der Waals surface area contributed by atoms with Gasteiger partial charge in [-0.25, -0.2) is 0 Å². The third kappa shape index (κ3) is 4.31. The normalized spacial score (nSPS) is 25.8. The zero-order chi connectivity index (χ0) is 16.4. The highest BCUT2D eigenvalue weighted by molar-refractivity contribution is 5.88. The molecular weight excluding hydrogens is 291 g/mol. The number of hydrogen-bond acceptors (Lipinski definition) is 4. The van der Waals surface area contributed by atoms with Crippen LogP contribution in [0.1, 0.15) is 6.92 Å². The molecule has 1 fully saturated rings. The predicted molar refractivity (Wildman–Crippen MR) is 68.2 cm³/mol. The Labute approximate surface area is 121 Å². The first kappa shape index (κ1) is 17.7. The van der Waals surface area contributed by atoms with Crippen LogP contribution < -0.4 is 5.73 Å². The van der Waals surface area contributed by atoms with Crippen molar-refractivity contribution in [3.63, 3.8) is 0 Å². The van der Waals surface area contributed by atoms with Gasteiger partial charge in [0.2, 0.25) is 11.8 Å². The summed E-state index contributed by atoms with van der Waals surface area (Å²) in [6.45, 7) is -0.640. The van der Waals surface area contributed by atoms with Gasteiger partial charge in [0.25, 0.3) is 0 Å². The molecule has 2 amide bonds. The van der Waals surface area contributed by atoms with Crippen LogP contribution in [0.5, 0.6) is 0 Å². The van der Waals surface area contributed by atoms with Crippen LogP contribution in [0, 0.1) is 5.41 Å². The molecule has 6 nitrogen and oxygen atoms in total. The second-order valence-corrected chi connectivity index (χ2v) is 5.60. The lowest BCUT2D eigenvalue weighted by molar-refractivity contribution is -0.170. The van der Waals surface area contributed by atoms with Crippen LogP contribution in [0.2, 0.25) is 0 Å². The van der Waals surface area contributed by atoms with Crippen molar-refractivity contribution in [2.75, 3.05) is 40.4 Å². The van der Waals surface area contributed by atoms with Crippen molar-refractivity contribution in [2.45, 2.75) is 19.1 Å². The third-order valence-electron chi connectivity index (χ3n) is 3.49. The van der Waals surface area contributed by atoms with Gasteiger partial charge in [-0.3, -0.25) is 9.59 Å². The number of amides is 2. The largest absolute Gasteiger partial charge is 0.406 e. The Balaban J connectivity index is 2.95. The fourth-order valence-electron chi connectivity index (χ4n) is 1.99. The smallest absolute Gasteiger partial charge is 0.379 e. The number of carbonyl (C=O) groups is 2. The third-order valence-corrected chi connectivity index (χ3v) is 3.49. The fraction of sp³-hybridized carbons (Fsp3) is 0.833. The molecule has 0 saturated carbocycles. The Kier molecular flexibility index (Phi) is 5.21. The maximum Gasteiger partial charge on any atom is 0.406 e. The van der Waals surface area contributed by atoms with E-state index in [4.69, 9.17) is 10.5 Å². The Bertz CT molecular complexity index is 414. The zero-order valence-corrected chi connectivity index (χ0v) is 12.2. The topological polar surface area (TPSA) is 75.9 Å². The first-order chi connectivity index (χ1) is 9.47. The van der Waals surface area contributed by atoms with Crippen molar-refractivity contribution < 1.29 is 27.5 Å². The quantitative estimate of drug-likeness (QED) is 0.782. The molecule has 0 spiro atoms. The van der Waals surface area contributed by atoms with E-state index in [-0.39, 0.29) is 13.2 Å². The van der Waals surface area contributed by atoms with Gasteiger partial charge in [0, 0.05) is 20.1 Å². The minimum absolute atomic E-state index is 0.0580. The van der Waals surface area contributed by atoms with Crippen LogP contribution >= 0.6 is 0 Å². The molecule has 0 bridgehead atoms. The average molecular weight is 311 g/mol. The summed E-state index contributed by atoms with van der Waals surface area (Å²) in [6, 6.07) is -0.699. The molecule has 21 heavy (non-hydrogen) atoms. The second-order valence-electron chi connectivity index (χ2n) is 5.60. The van der Waals surface area contributed by atoms with E-state index in [0.29, 0.717) is 4.90 Å². The van der Waals surface area contributed by atoms with Crippen LogP contribution in [0.3, 0.4) is 0 Å². The molecule has 1 rings (SSSR count). The number of alkyl halides is 3. The van der Waals surface area contributed by atoms with Gasteiger partial charge in [-0.15, -0.1) is 0 Å². The van der Waals surface area contributed by atoms with Crippen LogP contribution in [0.15, 0.2) is 0 Å². The number of ether oxygens (including phenoxy) is 1. The minimum atomic E-state index is -4.60. The van der Waals surface area contributed by atoms with Crippen molar-refractivity contribution in [1.82, 2.24) is 9.80 Å². The Morgan fingerprint density at radius 3 is 2.33 bits per heavy atom. The molecule has 2 unspecified atom stereocenters. The van der Waals surface area contributed by atoms with Crippen molar-refractivity contribution in [1.29, 1.82) is 0 Å². The van der Waals surface area contributed by atoms with E-state index >= 15 is 0 Å². The zero-order valence-electron chi connectivity index (χ0n) is 12.2. The van der Waals surface area contributed by atoms with E-state index in [1.807, 2.05) is 0 Å². The summed E-state index contributed by atoms with van der Waals surface area (Å²) in [5.74, 6) is -1.41. The van der Waals surface area contributed by atoms with E-state index < -0.39 is 42.5 Å². The van der Waals surface area contributed by atoms with E-state index in [9.17, 15) is 22.8 Å². The van der Waals surface area contributed by atoms with Crippen molar-refractivity contribution in [3.8, 4) is 0 Å². The number of nitrogens with two attached hydrogens (primary N) is 1. The standard InChI is InChI=1S/C12H20F3N3O3/c1-11(7-21-5-8(11)16)10(20)18(6-12(13,14)15)4-9(19)17(2)3/h8H,4-7,16H2,1-3H3. The molecule has 0 aromatic carbocycles. The lowest BCUT2D eigenvalue weighted by Gasteiger charge is -2.33. The lowest BCUT2D eigenvalue weighted by Crippen LogP contribution is -2.55. The summed E-state index contributed by atoms with van der Waals surface area (Å²) >= 11 is 0. The van der Waals surface area contributed by atoms with Gasteiger partial charge in [0.15, 0.2) is 0 Å². The lowest BCUT2D eigenvalue weighted by atomic mass is 9.84. The molecule has 0 radical (unpaired) electrons. The van der Waals surface area contributed by atoms with Gasteiger partial charge in [-0.2, -0.15) is 13.2 Å². The van der Waals surface area contributed by atoms with Gasteiger partial charge in [0.1, 0.15) is 13.1 Å². The van der Waals surface area contributed by atoms with Crippen molar-refractivity contribution in [2.24, 2.45) is 11.1 Å². The predicted octanol–water partition coefficient (Wildman–Crippen LogP) is -0.171. The molecule has 2 N–H and O–H groups in total. The molecule has 1 saturated heterocycles.